The standard InChI is InChI=1S/C7H6O2.Al/c8-5-6-3-1-2-4-7(6)9;/h1-5,9H;/q;+1/p-1. The molecule has 10 heavy (non-hydrogen) atoms. The van der Waals surface area contributed by atoms with Crippen molar-refractivity contribution in [2.75, 3.05) is 0 Å². The molecule has 0 atom stereocenters. The van der Waals surface area contributed by atoms with Crippen molar-refractivity contribution in [2.24, 2.45) is 0 Å². The second-order valence-electron chi connectivity index (χ2n) is 1.77. The van der Waals surface area contributed by atoms with E-state index < -0.39 is 0 Å². The number of carbonyl (C=O) groups excluding carboxylic acids is 1. The molecule has 0 heterocycles. The zero-order valence-corrected chi connectivity index (χ0v) is 6.44. The molecule has 0 bridgehead atoms. The summed E-state index contributed by atoms with van der Waals surface area (Å²) in [6.07, 6.45) is 0.763. The molecular formula is C7H5AlO2. The molecule has 3 heteroatoms. The fourth-order valence-corrected chi connectivity index (χ4v) is 0.900. The van der Waals surface area contributed by atoms with Crippen LogP contribution in [0.25, 0.3) is 0 Å². The quantitative estimate of drug-likeness (QED) is 0.461. The van der Waals surface area contributed by atoms with Gasteiger partial charge in [-0.25, -0.2) is 0 Å². The van der Waals surface area contributed by atoms with Gasteiger partial charge in [-0.05, 0) is 12.1 Å². The van der Waals surface area contributed by atoms with Crippen LogP contribution in [0.5, 0.6) is 5.75 Å². The Balaban J connectivity index is 3.08. The van der Waals surface area contributed by atoms with Gasteiger partial charge in [0, 0.05) is 0 Å². The van der Waals surface area contributed by atoms with E-state index in [4.69, 9.17) is 3.79 Å². The molecule has 0 fully saturated rings. The minimum Gasteiger partial charge on any atom is -0.653 e. The van der Waals surface area contributed by atoms with Gasteiger partial charge in [-0.3, -0.25) is 4.79 Å². The summed E-state index contributed by atoms with van der Waals surface area (Å²) in [6, 6.07) is 7.03. The average Bonchev–Trinajstić information content (AvgIpc) is 2.04. The van der Waals surface area contributed by atoms with Crippen molar-refractivity contribution in [3.63, 3.8) is 0 Å². The van der Waals surface area contributed by atoms with Gasteiger partial charge in [-0.15, -0.1) is 0 Å². The highest BCUT2D eigenvalue weighted by Gasteiger charge is 1.95. The van der Waals surface area contributed by atoms with Crippen molar-refractivity contribution in [1.82, 2.24) is 0 Å². The molecule has 0 amide bonds. The molecular weight excluding hydrogens is 143 g/mol. The van der Waals surface area contributed by atoms with Gasteiger partial charge in [0.2, 0.25) is 0 Å². The Morgan fingerprint density at radius 2 is 2.10 bits per heavy atom. The smallest absolute Gasteiger partial charge is 0.482 e. The molecule has 0 unspecified atom stereocenters. The number of hydrogen-bond acceptors (Lipinski definition) is 2. The Labute approximate surface area is 67.6 Å². The van der Waals surface area contributed by atoms with Crippen LogP contribution in [0.2, 0.25) is 0 Å². The third kappa shape index (κ3) is 1.38. The van der Waals surface area contributed by atoms with Crippen LogP contribution >= 0.6 is 0 Å². The minimum atomic E-state index is 0.567. The highest BCUT2D eigenvalue weighted by Crippen LogP contribution is 2.13. The summed E-state index contributed by atoms with van der Waals surface area (Å²) in [5.41, 5.74) is 0.567. The first-order valence-electron chi connectivity index (χ1n) is 2.79. The summed E-state index contributed by atoms with van der Waals surface area (Å²) in [4.78, 5) is 10.3. The number of carbonyl (C=O) groups is 1. The van der Waals surface area contributed by atoms with Crippen LogP contribution in [-0.2, 0) is 0 Å². The van der Waals surface area contributed by atoms with Gasteiger partial charge in [-0.1, -0.05) is 12.1 Å². The Hall–Kier alpha value is -0.778. The van der Waals surface area contributed by atoms with Gasteiger partial charge < -0.3 is 3.79 Å². The monoisotopic (exact) mass is 148 g/mol. The second-order valence-corrected chi connectivity index (χ2v) is 2.01. The second kappa shape index (κ2) is 3.41. The first-order valence-corrected chi connectivity index (χ1v) is 3.26. The van der Waals surface area contributed by atoms with E-state index in [1.165, 1.54) is 0 Å². The summed E-state index contributed by atoms with van der Waals surface area (Å²) in [6.45, 7) is 0. The Kier molecular flexibility index (Phi) is 2.50. The molecule has 48 valence electrons. The van der Waals surface area contributed by atoms with E-state index in [1.54, 1.807) is 18.2 Å². The molecule has 0 aliphatic heterocycles. The average molecular weight is 148 g/mol. The van der Waals surface area contributed by atoms with E-state index in [-0.39, 0.29) is 0 Å². The van der Waals surface area contributed by atoms with Crippen molar-refractivity contribution in [3.05, 3.63) is 29.8 Å². The van der Waals surface area contributed by atoms with Crippen LogP contribution < -0.4 is 3.79 Å². The summed E-state index contributed by atoms with van der Waals surface area (Å²) in [5.74, 6) is 0.586. The van der Waals surface area contributed by atoms with E-state index in [1.807, 2.05) is 6.07 Å². The summed E-state index contributed by atoms with van der Waals surface area (Å²) >= 11 is 2.10. The summed E-state index contributed by atoms with van der Waals surface area (Å²) in [5, 5.41) is 0. The van der Waals surface area contributed by atoms with Gasteiger partial charge in [0.25, 0.3) is 0 Å². The van der Waals surface area contributed by atoms with Crippen LogP contribution in [0.3, 0.4) is 0 Å². The fourth-order valence-electron chi connectivity index (χ4n) is 0.685. The number of rotatable bonds is 2. The van der Waals surface area contributed by atoms with Gasteiger partial charge in [0.1, 0.15) is 0 Å². The number of aldehydes is 1. The largest absolute Gasteiger partial charge is 0.653 e. The van der Waals surface area contributed by atoms with E-state index in [0.29, 0.717) is 11.3 Å². The molecule has 0 N–H and O–H groups in total. The van der Waals surface area contributed by atoms with Crippen LogP contribution in [-0.4, -0.2) is 22.9 Å². The van der Waals surface area contributed by atoms with E-state index >= 15 is 0 Å². The predicted molar refractivity (Wildman–Crippen MR) is 38.2 cm³/mol. The molecule has 0 saturated carbocycles. The highest BCUT2D eigenvalue weighted by atomic mass is 27.1. The first-order chi connectivity index (χ1) is 4.88. The highest BCUT2D eigenvalue weighted by molar-refractivity contribution is 6.00. The van der Waals surface area contributed by atoms with Crippen LogP contribution in [0, 0.1) is 0 Å². The fraction of sp³-hybridized carbons (Fsp3) is 0. The lowest BCUT2D eigenvalue weighted by atomic mass is 10.2. The molecule has 0 aromatic heterocycles. The molecule has 1 rings (SSSR count). The topological polar surface area (TPSA) is 26.3 Å². The number of hydrogen-bond donors (Lipinski definition) is 0. The van der Waals surface area contributed by atoms with Crippen LogP contribution in [0.15, 0.2) is 24.3 Å². The Morgan fingerprint density at radius 1 is 1.40 bits per heavy atom. The minimum absolute atomic E-state index is 0.567. The van der Waals surface area contributed by atoms with Crippen LogP contribution in [0.4, 0.5) is 0 Å². The van der Waals surface area contributed by atoms with Crippen molar-refractivity contribution < 1.29 is 8.58 Å². The lowest BCUT2D eigenvalue weighted by Crippen LogP contribution is -1.89. The van der Waals surface area contributed by atoms with Crippen LogP contribution in [0.1, 0.15) is 10.4 Å². The van der Waals surface area contributed by atoms with E-state index in [0.717, 1.165) is 6.29 Å². The van der Waals surface area contributed by atoms with Gasteiger partial charge in [-0.2, -0.15) is 0 Å². The lowest BCUT2D eigenvalue weighted by molar-refractivity contribution is 0.112. The zero-order valence-electron chi connectivity index (χ0n) is 5.28. The Bertz CT molecular complexity index is 235. The molecule has 2 radical (unpaired) electrons. The normalized spacial score (nSPS) is 8.80. The lowest BCUT2D eigenvalue weighted by Gasteiger charge is -2.02. The first kappa shape index (κ1) is 7.33. The van der Waals surface area contributed by atoms with E-state index in [2.05, 4.69) is 16.6 Å². The maximum absolute atomic E-state index is 10.3. The number of para-hydroxylation sites is 1. The summed E-state index contributed by atoms with van der Waals surface area (Å²) < 4.78 is 4.82. The summed E-state index contributed by atoms with van der Waals surface area (Å²) in [7, 11) is 0. The molecule has 0 aliphatic carbocycles. The maximum Gasteiger partial charge on any atom is 0.482 e. The molecule has 0 aliphatic rings. The van der Waals surface area contributed by atoms with E-state index in [9.17, 15) is 4.79 Å². The predicted octanol–water partition coefficient (Wildman–Crippen LogP) is 0.961. The molecule has 0 saturated heterocycles. The van der Waals surface area contributed by atoms with Gasteiger partial charge in [0.05, 0.1) is 11.3 Å². The molecule has 2 nitrogen and oxygen atoms in total. The third-order valence-electron chi connectivity index (χ3n) is 1.17. The van der Waals surface area contributed by atoms with Gasteiger partial charge in [0.15, 0.2) is 6.29 Å². The maximum atomic E-state index is 10.3. The SMILES string of the molecule is O=Cc1ccccc1[O][Al]. The van der Waals surface area contributed by atoms with Crippen molar-refractivity contribution >= 4 is 22.9 Å². The Morgan fingerprint density at radius 3 is 2.60 bits per heavy atom. The molecule has 0 spiro atoms. The molecule has 1 aromatic carbocycles. The third-order valence-corrected chi connectivity index (χ3v) is 1.43. The van der Waals surface area contributed by atoms with Crippen molar-refractivity contribution in [3.8, 4) is 5.75 Å². The van der Waals surface area contributed by atoms with Gasteiger partial charge >= 0.3 is 16.6 Å². The molecule has 1 aromatic rings. The zero-order chi connectivity index (χ0) is 7.40. The van der Waals surface area contributed by atoms with Crippen molar-refractivity contribution in [2.45, 2.75) is 0 Å². The number of benzene rings is 1. The van der Waals surface area contributed by atoms with Crippen molar-refractivity contribution in [1.29, 1.82) is 0 Å².